The summed E-state index contributed by atoms with van der Waals surface area (Å²) < 4.78 is 46.8. The second-order valence-corrected chi connectivity index (χ2v) is 7.98. The van der Waals surface area contributed by atoms with Crippen LogP contribution in [0.5, 0.6) is 0 Å². The summed E-state index contributed by atoms with van der Waals surface area (Å²) in [6.45, 7) is 0.451. The molecule has 0 bridgehead atoms. The van der Waals surface area contributed by atoms with E-state index in [1.54, 1.807) is 41.4 Å². The van der Waals surface area contributed by atoms with Crippen LogP contribution >= 0.6 is 0 Å². The Labute approximate surface area is 196 Å². The number of rotatable bonds is 6. The highest BCUT2D eigenvalue weighted by molar-refractivity contribution is 5.90. The van der Waals surface area contributed by atoms with Gasteiger partial charge in [0, 0.05) is 0 Å². The molecule has 0 amide bonds. The molecule has 182 valence electrons. The molecule has 0 spiro atoms. The molecular weight excluding hydrogens is 466 g/mol. The van der Waals surface area contributed by atoms with Crippen molar-refractivity contribution in [3.05, 3.63) is 105 Å². The average molecular weight is 486 g/mol. The van der Waals surface area contributed by atoms with Crippen LogP contribution in [0.1, 0.15) is 33.9 Å². The summed E-state index contributed by atoms with van der Waals surface area (Å²) in [6.07, 6.45) is -4.34. The highest BCUT2D eigenvalue weighted by Gasteiger charge is 2.58. The van der Waals surface area contributed by atoms with Crippen molar-refractivity contribution in [3.8, 4) is 0 Å². The highest BCUT2D eigenvalue weighted by atomic mass is 19.1. The molecule has 3 aromatic rings. The molecule has 1 N–H and O–H groups in total. The van der Waals surface area contributed by atoms with Crippen molar-refractivity contribution in [3.63, 3.8) is 0 Å². The van der Waals surface area contributed by atoms with Gasteiger partial charge in [-0.3, -0.25) is 14.3 Å². The van der Waals surface area contributed by atoms with Crippen LogP contribution in [0.3, 0.4) is 0 Å². The van der Waals surface area contributed by atoms with Crippen LogP contribution in [0.2, 0.25) is 0 Å². The first-order valence-corrected chi connectivity index (χ1v) is 10.5. The lowest BCUT2D eigenvalue weighted by Gasteiger charge is -2.27. The zero-order valence-corrected chi connectivity index (χ0v) is 18.4. The minimum atomic E-state index is -2.59. The number of hydrogen-bond acceptors (Lipinski definition) is 7. The third-order valence-electron chi connectivity index (χ3n) is 5.49. The number of aromatic nitrogens is 2. The van der Waals surface area contributed by atoms with Crippen molar-refractivity contribution >= 4 is 11.9 Å². The van der Waals surface area contributed by atoms with Gasteiger partial charge in [0.1, 0.15) is 12.7 Å². The maximum Gasteiger partial charge on any atom is 0.338 e. The van der Waals surface area contributed by atoms with E-state index in [1.807, 2.05) is 0 Å². The number of halogens is 2. The fourth-order valence-electron chi connectivity index (χ4n) is 3.74. The third-order valence-corrected chi connectivity index (χ3v) is 5.49. The van der Waals surface area contributed by atoms with Gasteiger partial charge < -0.3 is 14.2 Å². The lowest BCUT2D eigenvalue weighted by Crippen LogP contribution is -2.46. The number of nitrogens with zero attached hydrogens (tertiary/aromatic N) is 1. The zero-order valence-electron chi connectivity index (χ0n) is 18.4. The van der Waals surface area contributed by atoms with Gasteiger partial charge in [-0.25, -0.2) is 18.8 Å². The monoisotopic (exact) mass is 486 g/mol. The molecule has 0 saturated carbocycles. The number of nitrogens with one attached hydrogen (secondary N) is 1. The molecule has 2 aromatic carbocycles. The first-order chi connectivity index (χ1) is 16.7. The number of benzene rings is 2. The normalized spacial score (nSPS) is 23.6. The molecule has 1 saturated heterocycles. The van der Waals surface area contributed by atoms with Gasteiger partial charge in [0.2, 0.25) is 5.82 Å². The van der Waals surface area contributed by atoms with E-state index >= 15 is 4.39 Å². The largest absolute Gasteiger partial charge is 0.459 e. The number of carbonyl (C=O) groups is 2. The first kappa shape index (κ1) is 24.0. The van der Waals surface area contributed by atoms with E-state index in [0.717, 1.165) is 6.92 Å². The van der Waals surface area contributed by atoms with Crippen LogP contribution in [0.4, 0.5) is 8.78 Å². The number of alkyl halides is 1. The molecule has 4 atom stereocenters. The Hall–Kier alpha value is -4.12. The van der Waals surface area contributed by atoms with Crippen LogP contribution in [-0.2, 0) is 14.2 Å². The van der Waals surface area contributed by atoms with Crippen LogP contribution < -0.4 is 11.2 Å². The van der Waals surface area contributed by atoms with Gasteiger partial charge in [0.25, 0.3) is 5.56 Å². The van der Waals surface area contributed by atoms with Crippen molar-refractivity contribution in [1.29, 1.82) is 0 Å². The Bertz CT molecular complexity index is 1340. The molecule has 1 unspecified atom stereocenters. The molecule has 9 nitrogen and oxygen atoms in total. The molecule has 1 aliphatic rings. The quantitative estimate of drug-likeness (QED) is 0.532. The van der Waals surface area contributed by atoms with Crippen molar-refractivity contribution in [1.82, 2.24) is 9.55 Å². The van der Waals surface area contributed by atoms with E-state index < -0.39 is 59.7 Å². The van der Waals surface area contributed by atoms with Crippen LogP contribution in [-0.4, -0.2) is 46.0 Å². The Kier molecular flexibility index (Phi) is 6.61. The average Bonchev–Trinajstić information content (AvgIpc) is 3.10. The topological polar surface area (TPSA) is 117 Å². The fraction of sp³-hybridized carbons (Fsp3) is 0.250. The predicted octanol–water partition coefficient (Wildman–Crippen LogP) is 2.38. The van der Waals surface area contributed by atoms with Gasteiger partial charge in [-0.1, -0.05) is 36.4 Å². The van der Waals surface area contributed by atoms with E-state index in [4.69, 9.17) is 14.2 Å². The van der Waals surface area contributed by atoms with E-state index in [1.165, 1.54) is 24.3 Å². The van der Waals surface area contributed by atoms with E-state index in [-0.39, 0.29) is 11.1 Å². The molecule has 0 aliphatic carbocycles. The fourth-order valence-corrected chi connectivity index (χ4v) is 3.74. The summed E-state index contributed by atoms with van der Waals surface area (Å²) in [5.74, 6) is -2.97. The Morgan fingerprint density at radius 2 is 1.60 bits per heavy atom. The number of aromatic amines is 1. The molecule has 2 heterocycles. The summed E-state index contributed by atoms with van der Waals surface area (Å²) in [7, 11) is 0. The number of ether oxygens (including phenoxy) is 3. The second-order valence-electron chi connectivity index (χ2n) is 7.98. The van der Waals surface area contributed by atoms with Crippen LogP contribution in [0.15, 0.2) is 76.4 Å². The second kappa shape index (κ2) is 9.63. The molecule has 1 aliphatic heterocycles. The van der Waals surface area contributed by atoms with Gasteiger partial charge in [-0.05, 0) is 31.2 Å². The first-order valence-electron chi connectivity index (χ1n) is 10.5. The molecular formula is C24H20F2N2O7. The third kappa shape index (κ3) is 4.90. The number of esters is 2. The zero-order chi connectivity index (χ0) is 25.2. The van der Waals surface area contributed by atoms with Crippen molar-refractivity contribution in [2.45, 2.75) is 31.0 Å². The van der Waals surface area contributed by atoms with Crippen molar-refractivity contribution < 1.29 is 32.6 Å². The minimum Gasteiger partial charge on any atom is -0.459 e. The summed E-state index contributed by atoms with van der Waals surface area (Å²) in [5.41, 5.74) is -4.67. The summed E-state index contributed by atoms with van der Waals surface area (Å²) in [5, 5.41) is 0. The van der Waals surface area contributed by atoms with Gasteiger partial charge in [-0.2, -0.15) is 4.39 Å². The van der Waals surface area contributed by atoms with Crippen LogP contribution in [0, 0.1) is 5.82 Å². The predicted molar refractivity (Wildman–Crippen MR) is 117 cm³/mol. The molecule has 1 fully saturated rings. The lowest BCUT2D eigenvalue weighted by atomic mass is 9.98. The standard InChI is InChI=1S/C24H20F2N2O7/c1-24(26)18(35-21(31)15-10-6-3-7-11-15)17(13-33-20(30)14-8-4-2-5-9-14)34-22(24)28-12-16(25)19(29)27-23(28)32/h2-12,17-18,22H,13H2,1H3,(H,27,29,32)/t17-,18?,22-,24-/m1/s1. The van der Waals surface area contributed by atoms with Crippen molar-refractivity contribution in [2.24, 2.45) is 0 Å². The number of carbonyl (C=O) groups excluding carboxylic acids is 2. The highest BCUT2D eigenvalue weighted by Crippen LogP contribution is 2.43. The smallest absolute Gasteiger partial charge is 0.338 e. The molecule has 4 rings (SSSR count). The van der Waals surface area contributed by atoms with Gasteiger partial charge in [0.05, 0.1) is 17.3 Å². The Balaban J connectivity index is 1.64. The Morgan fingerprint density at radius 3 is 2.20 bits per heavy atom. The van der Waals surface area contributed by atoms with E-state index in [0.29, 0.717) is 10.8 Å². The lowest BCUT2D eigenvalue weighted by molar-refractivity contribution is -0.0653. The SMILES string of the molecule is C[C@@]1(F)C(OC(=O)c2ccccc2)[C@@H](COC(=O)c2ccccc2)O[C@H]1n1cc(F)c(=O)[nH]c1=O. The van der Waals surface area contributed by atoms with Gasteiger partial charge in [0.15, 0.2) is 18.0 Å². The van der Waals surface area contributed by atoms with E-state index in [9.17, 15) is 23.6 Å². The minimum absolute atomic E-state index is 0.124. The van der Waals surface area contributed by atoms with Gasteiger partial charge in [-0.15, -0.1) is 0 Å². The molecule has 35 heavy (non-hydrogen) atoms. The van der Waals surface area contributed by atoms with Gasteiger partial charge >= 0.3 is 17.6 Å². The number of H-pyrrole nitrogens is 1. The summed E-state index contributed by atoms with van der Waals surface area (Å²) >= 11 is 0. The van der Waals surface area contributed by atoms with Crippen LogP contribution in [0.25, 0.3) is 0 Å². The maximum absolute atomic E-state index is 16.1. The number of hydrogen-bond donors (Lipinski definition) is 1. The Morgan fingerprint density at radius 1 is 1.03 bits per heavy atom. The van der Waals surface area contributed by atoms with E-state index in [2.05, 4.69) is 0 Å². The van der Waals surface area contributed by atoms with Crippen molar-refractivity contribution in [2.75, 3.05) is 6.61 Å². The molecule has 1 aromatic heterocycles. The molecule has 11 heteroatoms. The molecule has 0 radical (unpaired) electrons. The summed E-state index contributed by atoms with van der Waals surface area (Å²) in [6, 6.07) is 15.7. The maximum atomic E-state index is 16.1. The summed E-state index contributed by atoms with van der Waals surface area (Å²) in [4.78, 5) is 50.5.